The van der Waals surface area contributed by atoms with E-state index in [9.17, 15) is 24.4 Å². The van der Waals surface area contributed by atoms with E-state index in [1.807, 2.05) is 72.8 Å². The number of aromatic nitrogens is 2. The zero-order chi connectivity index (χ0) is 29.5. The highest BCUT2D eigenvalue weighted by atomic mass is 16.4. The third-order valence-corrected chi connectivity index (χ3v) is 7.50. The predicted octanol–water partition coefficient (Wildman–Crippen LogP) is 1.70. The molecule has 5 rings (SSSR count). The molecule has 0 bridgehead atoms. The second kappa shape index (κ2) is 13.4. The quantitative estimate of drug-likeness (QED) is 0.214. The zero-order valence-electron chi connectivity index (χ0n) is 23.0. The number of rotatable bonds is 10. The van der Waals surface area contributed by atoms with E-state index in [4.69, 9.17) is 0 Å². The summed E-state index contributed by atoms with van der Waals surface area (Å²) in [4.78, 5) is 50.1. The Kier molecular flexibility index (Phi) is 9.20. The highest BCUT2D eigenvalue weighted by molar-refractivity contribution is 6.43. The Labute approximate surface area is 244 Å². The molecule has 3 atom stereocenters. The van der Waals surface area contributed by atoms with E-state index in [0.29, 0.717) is 19.4 Å². The van der Waals surface area contributed by atoms with E-state index in [-0.39, 0.29) is 18.5 Å². The van der Waals surface area contributed by atoms with Gasteiger partial charge in [-0.05, 0) is 34.7 Å². The Morgan fingerprint density at radius 3 is 2.36 bits per heavy atom. The largest absolute Gasteiger partial charge is 0.475 e. The molecule has 0 radical (unpaired) electrons. The molecule has 3 amide bonds. The number of carbonyl (C=O) groups excluding carboxylic acids is 3. The summed E-state index contributed by atoms with van der Waals surface area (Å²) in [6, 6.07) is 20.9. The Morgan fingerprint density at radius 1 is 0.881 bits per heavy atom. The first kappa shape index (κ1) is 28.9. The number of fused-ring (bicyclic) bond motifs is 1. The molecule has 4 aromatic rings. The molecule has 1 aromatic heterocycles. The first-order valence-electron chi connectivity index (χ1n) is 13.9. The van der Waals surface area contributed by atoms with Crippen molar-refractivity contribution in [2.24, 2.45) is 0 Å². The van der Waals surface area contributed by atoms with Gasteiger partial charge in [-0.2, -0.15) is 0 Å². The van der Waals surface area contributed by atoms with Crippen molar-refractivity contribution in [3.8, 4) is 0 Å². The summed E-state index contributed by atoms with van der Waals surface area (Å²) >= 11 is 0. The molecule has 1 aliphatic heterocycles. The van der Waals surface area contributed by atoms with Crippen molar-refractivity contribution in [3.05, 3.63) is 108 Å². The van der Waals surface area contributed by atoms with Gasteiger partial charge < -0.3 is 25.6 Å². The summed E-state index contributed by atoms with van der Waals surface area (Å²) in [6.45, 7) is 0.349. The topological polar surface area (TPSA) is 145 Å². The van der Waals surface area contributed by atoms with Gasteiger partial charge in [0.1, 0.15) is 17.8 Å². The van der Waals surface area contributed by atoms with Gasteiger partial charge in [-0.3, -0.25) is 19.4 Å². The molecular weight excluding hydrogens is 533 g/mol. The molecule has 42 heavy (non-hydrogen) atoms. The van der Waals surface area contributed by atoms with Crippen molar-refractivity contribution in [3.63, 3.8) is 0 Å². The standard InChI is InChI=1S/C31H32BN5O5/c38-29(25(18-21-7-2-1-3-8-21)35-30(39)27-20-33-14-15-34-27)36-26(31(40)37-16-6-11-28(37)32(41)42)19-22-12-13-23-9-4-5-10-24(23)17-22/h1-5,7-10,12-15,17,20,25-26,28,41-42H,6,11,16,18-19H2,(H,35,39)(H,36,38)/t25-,26-,28-/m0/s1. The number of amides is 3. The lowest BCUT2D eigenvalue weighted by Gasteiger charge is -2.30. The van der Waals surface area contributed by atoms with Crippen molar-refractivity contribution >= 4 is 35.6 Å². The molecule has 11 heteroatoms. The number of likely N-dealkylation sites (tertiary alicyclic amines) is 1. The molecule has 4 N–H and O–H groups in total. The minimum absolute atomic E-state index is 0.0593. The van der Waals surface area contributed by atoms with Gasteiger partial charge in [0.05, 0.1) is 12.1 Å². The number of carbonyl (C=O) groups is 3. The van der Waals surface area contributed by atoms with Crippen molar-refractivity contribution in [2.75, 3.05) is 6.54 Å². The number of benzene rings is 3. The number of nitrogens with zero attached hydrogens (tertiary/aromatic N) is 3. The van der Waals surface area contributed by atoms with E-state index in [2.05, 4.69) is 20.6 Å². The van der Waals surface area contributed by atoms with Gasteiger partial charge in [0.2, 0.25) is 11.8 Å². The minimum Gasteiger partial charge on any atom is -0.426 e. The number of hydrogen-bond acceptors (Lipinski definition) is 7. The van der Waals surface area contributed by atoms with Crippen molar-refractivity contribution < 1.29 is 24.4 Å². The molecule has 10 nitrogen and oxygen atoms in total. The smallest absolute Gasteiger partial charge is 0.426 e. The average molecular weight is 565 g/mol. The van der Waals surface area contributed by atoms with Crippen LogP contribution in [0.25, 0.3) is 10.8 Å². The minimum atomic E-state index is -1.69. The van der Waals surface area contributed by atoms with E-state index in [1.54, 1.807) is 0 Å². The van der Waals surface area contributed by atoms with Gasteiger partial charge in [-0.15, -0.1) is 0 Å². The van der Waals surface area contributed by atoms with Crippen LogP contribution in [0.3, 0.4) is 0 Å². The van der Waals surface area contributed by atoms with Gasteiger partial charge in [-0.1, -0.05) is 72.8 Å². The summed E-state index contributed by atoms with van der Waals surface area (Å²) in [7, 11) is -1.69. The van der Waals surface area contributed by atoms with Crippen molar-refractivity contribution in [1.82, 2.24) is 25.5 Å². The maximum Gasteiger partial charge on any atom is 0.475 e. The fourth-order valence-corrected chi connectivity index (χ4v) is 5.36. The van der Waals surface area contributed by atoms with Gasteiger partial charge in [0, 0.05) is 31.8 Å². The molecule has 2 heterocycles. The fourth-order valence-electron chi connectivity index (χ4n) is 5.36. The fraction of sp³-hybridized carbons (Fsp3) is 0.258. The second-order valence-corrected chi connectivity index (χ2v) is 10.4. The van der Waals surface area contributed by atoms with Crippen LogP contribution in [0.15, 0.2) is 91.4 Å². The van der Waals surface area contributed by atoms with E-state index in [0.717, 1.165) is 21.9 Å². The molecule has 1 aliphatic rings. The number of hydrogen-bond donors (Lipinski definition) is 4. The molecule has 0 unspecified atom stereocenters. The van der Waals surface area contributed by atoms with E-state index in [1.165, 1.54) is 23.5 Å². The molecule has 0 spiro atoms. The summed E-state index contributed by atoms with van der Waals surface area (Å²) in [5, 5.41) is 27.5. The third-order valence-electron chi connectivity index (χ3n) is 7.50. The van der Waals surface area contributed by atoms with Gasteiger partial charge in [-0.25, -0.2) is 4.98 Å². The van der Waals surface area contributed by atoms with Gasteiger partial charge >= 0.3 is 7.12 Å². The lowest BCUT2D eigenvalue weighted by atomic mass is 9.77. The Hall–Kier alpha value is -4.61. The molecule has 0 aliphatic carbocycles. The first-order valence-corrected chi connectivity index (χ1v) is 13.9. The van der Waals surface area contributed by atoms with Crippen LogP contribution in [-0.2, 0) is 22.4 Å². The van der Waals surface area contributed by atoms with Crippen LogP contribution in [0.5, 0.6) is 0 Å². The van der Waals surface area contributed by atoms with Gasteiger partial charge in [0.25, 0.3) is 5.91 Å². The summed E-state index contributed by atoms with van der Waals surface area (Å²) in [5.41, 5.74) is 1.71. The first-order chi connectivity index (χ1) is 20.4. The van der Waals surface area contributed by atoms with Crippen LogP contribution in [0, 0.1) is 0 Å². The van der Waals surface area contributed by atoms with Crippen LogP contribution in [0.4, 0.5) is 0 Å². The van der Waals surface area contributed by atoms with Crippen LogP contribution >= 0.6 is 0 Å². The highest BCUT2D eigenvalue weighted by Gasteiger charge is 2.40. The summed E-state index contributed by atoms with van der Waals surface area (Å²) in [5.74, 6) is -2.29. The number of nitrogens with one attached hydrogen (secondary N) is 2. The average Bonchev–Trinajstić information content (AvgIpc) is 3.51. The monoisotopic (exact) mass is 565 g/mol. The summed E-state index contributed by atoms with van der Waals surface area (Å²) in [6.07, 6.45) is 5.57. The molecule has 1 fully saturated rings. The molecule has 1 saturated heterocycles. The highest BCUT2D eigenvalue weighted by Crippen LogP contribution is 2.22. The van der Waals surface area contributed by atoms with Crippen molar-refractivity contribution in [2.45, 2.75) is 43.7 Å². The molecule has 214 valence electrons. The Bertz CT molecular complexity index is 1540. The van der Waals surface area contributed by atoms with Crippen molar-refractivity contribution in [1.29, 1.82) is 0 Å². The molecular formula is C31H32BN5O5. The van der Waals surface area contributed by atoms with E-state index < -0.39 is 42.9 Å². The zero-order valence-corrected chi connectivity index (χ0v) is 23.0. The lowest BCUT2D eigenvalue weighted by Crippen LogP contribution is -2.57. The molecule has 0 saturated carbocycles. The lowest BCUT2D eigenvalue weighted by molar-refractivity contribution is -0.136. The predicted molar refractivity (Wildman–Crippen MR) is 158 cm³/mol. The second-order valence-electron chi connectivity index (χ2n) is 10.4. The van der Waals surface area contributed by atoms with E-state index >= 15 is 0 Å². The SMILES string of the molecule is O=C(N[C@@H](Cc1ccccc1)C(=O)N[C@@H](Cc1ccc2ccccc2c1)C(=O)N1CCC[C@H]1B(O)O)c1cnccn1. The van der Waals surface area contributed by atoms with Crippen LogP contribution in [-0.4, -0.2) is 74.3 Å². The Morgan fingerprint density at radius 2 is 1.62 bits per heavy atom. The van der Waals surface area contributed by atoms with Crippen LogP contribution in [0.2, 0.25) is 0 Å². The van der Waals surface area contributed by atoms with Crippen LogP contribution in [0.1, 0.15) is 34.5 Å². The third kappa shape index (κ3) is 6.99. The van der Waals surface area contributed by atoms with Gasteiger partial charge in [0.15, 0.2) is 0 Å². The normalized spacial score (nSPS) is 16.0. The molecule has 3 aromatic carbocycles. The maximum atomic E-state index is 13.9. The Balaban J connectivity index is 1.42. The maximum absolute atomic E-state index is 13.9. The summed E-state index contributed by atoms with van der Waals surface area (Å²) < 4.78 is 0. The van der Waals surface area contributed by atoms with Crippen LogP contribution < -0.4 is 10.6 Å².